The van der Waals surface area contributed by atoms with Crippen molar-refractivity contribution in [2.75, 3.05) is 0 Å². The number of carboxylic acid groups (broad SMARTS) is 1. The largest absolute Gasteiger partial charge is 0.480 e. The highest BCUT2D eigenvalue weighted by Crippen LogP contribution is 2.10. The SMILES string of the molecule is O=C(CCC(Br)C(=O)O)OC(=O)c1ccccc1. The van der Waals surface area contributed by atoms with Crippen LogP contribution in [0, 0.1) is 0 Å². The van der Waals surface area contributed by atoms with Crippen molar-refractivity contribution in [3.63, 3.8) is 0 Å². The summed E-state index contributed by atoms with van der Waals surface area (Å²) in [6.45, 7) is 0. The molecule has 1 rings (SSSR count). The monoisotopic (exact) mass is 314 g/mol. The first-order valence-electron chi connectivity index (χ1n) is 5.17. The Labute approximate surface area is 112 Å². The lowest BCUT2D eigenvalue weighted by Gasteiger charge is -2.04. The highest BCUT2D eigenvalue weighted by Gasteiger charge is 2.17. The molecule has 0 amide bonds. The summed E-state index contributed by atoms with van der Waals surface area (Å²) in [5, 5.41) is 8.59. The van der Waals surface area contributed by atoms with Crippen molar-refractivity contribution in [3.05, 3.63) is 35.9 Å². The van der Waals surface area contributed by atoms with Crippen LogP contribution in [0.3, 0.4) is 0 Å². The molecular formula is C12H11BrO5. The van der Waals surface area contributed by atoms with Crippen molar-refractivity contribution < 1.29 is 24.2 Å². The van der Waals surface area contributed by atoms with Gasteiger partial charge in [0, 0.05) is 6.42 Å². The van der Waals surface area contributed by atoms with Crippen LogP contribution < -0.4 is 0 Å². The van der Waals surface area contributed by atoms with Gasteiger partial charge in [0.2, 0.25) is 0 Å². The topological polar surface area (TPSA) is 80.7 Å². The summed E-state index contributed by atoms with van der Waals surface area (Å²) in [7, 11) is 0. The van der Waals surface area contributed by atoms with Gasteiger partial charge in [0.05, 0.1) is 5.56 Å². The molecule has 0 aliphatic rings. The van der Waals surface area contributed by atoms with Crippen LogP contribution in [-0.2, 0) is 14.3 Å². The van der Waals surface area contributed by atoms with Gasteiger partial charge in [0.25, 0.3) is 0 Å². The summed E-state index contributed by atoms with van der Waals surface area (Å²) in [5.74, 6) is -2.53. The molecule has 1 unspecified atom stereocenters. The summed E-state index contributed by atoms with van der Waals surface area (Å²) in [5.41, 5.74) is 0.277. The van der Waals surface area contributed by atoms with E-state index in [4.69, 9.17) is 5.11 Å². The number of ether oxygens (including phenoxy) is 1. The van der Waals surface area contributed by atoms with E-state index in [0.717, 1.165) is 0 Å². The molecule has 0 radical (unpaired) electrons. The van der Waals surface area contributed by atoms with Gasteiger partial charge in [-0.05, 0) is 18.6 Å². The van der Waals surface area contributed by atoms with Crippen LogP contribution in [0.15, 0.2) is 30.3 Å². The van der Waals surface area contributed by atoms with E-state index in [0.29, 0.717) is 0 Å². The zero-order chi connectivity index (χ0) is 13.5. The second kappa shape index (κ2) is 6.90. The standard InChI is InChI=1S/C12H11BrO5/c13-9(11(15)16)6-7-10(14)18-12(17)8-4-2-1-3-5-8/h1-5,9H,6-7H2,(H,15,16). The van der Waals surface area contributed by atoms with E-state index >= 15 is 0 Å². The maximum atomic E-state index is 11.5. The molecule has 0 aromatic heterocycles. The molecule has 0 aliphatic carbocycles. The van der Waals surface area contributed by atoms with Gasteiger partial charge in [0.15, 0.2) is 0 Å². The highest BCUT2D eigenvalue weighted by atomic mass is 79.9. The van der Waals surface area contributed by atoms with Crippen LogP contribution in [0.5, 0.6) is 0 Å². The first-order valence-corrected chi connectivity index (χ1v) is 6.09. The molecule has 5 nitrogen and oxygen atoms in total. The maximum Gasteiger partial charge on any atom is 0.345 e. The van der Waals surface area contributed by atoms with Crippen molar-refractivity contribution in [1.82, 2.24) is 0 Å². The molecule has 0 saturated carbocycles. The van der Waals surface area contributed by atoms with Crippen LogP contribution in [0.1, 0.15) is 23.2 Å². The van der Waals surface area contributed by atoms with E-state index in [9.17, 15) is 14.4 Å². The lowest BCUT2D eigenvalue weighted by molar-refractivity contribution is -0.138. The number of hydrogen-bond acceptors (Lipinski definition) is 4. The van der Waals surface area contributed by atoms with Crippen LogP contribution >= 0.6 is 15.9 Å². The molecule has 0 heterocycles. The van der Waals surface area contributed by atoms with Crippen molar-refractivity contribution in [2.45, 2.75) is 17.7 Å². The van der Waals surface area contributed by atoms with Gasteiger partial charge in [-0.15, -0.1) is 0 Å². The third kappa shape index (κ3) is 4.67. The summed E-state index contributed by atoms with van der Waals surface area (Å²) in [6.07, 6.45) is -0.0724. The van der Waals surface area contributed by atoms with E-state index < -0.39 is 22.7 Å². The normalized spacial score (nSPS) is 11.6. The number of aliphatic carboxylic acids is 1. The molecule has 0 saturated heterocycles. The number of esters is 2. The number of hydrogen-bond donors (Lipinski definition) is 1. The lowest BCUT2D eigenvalue weighted by atomic mass is 10.2. The molecule has 0 fully saturated rings. The summed E-state index contributed by atoms with van der Waals surface area (Å²) in [6, 6.07) is 8.10. The second-order valence-electron chi connectivity index (χ2n) is 3.47. The molecule has 1 N–H and O–H groups in total. The molecule has 0 bridgehead atoms. The number of carbonyl (C=O) groups is 3. The summed E-state index contributed by atoms with van der Waals surface area (Å²) in [4.78, 5) is 32.4. The van der Waals surface area contributed by atoms with Gasteiger partial charge in [-0.2, -0.15) is 0 Å². The van der Waals surface area contributed by atoms with E-state index in [1.54, 1.807) is 18.2 Å². The Bertz CT molecular complexity index is 443. The average molecular weight is 315 g/mol. The van der Waals surface area contributed by atoms with Crippen molar-refractivity contribution >= 4 is 33.8 Å². The molecule has 1 atom stereocenters. The van der Waals surface area contributed by atoms with E-state index in [2.05, 4.69) is 20.7 Å². The van der Waals surface area contributed by atoms with Gasteiger partial charge < -0.3 is 9.84 Å². The zero-order valence-electron chi connectivity index (χ0n) is 9.34. The minimum absolute atomic E-state index is 0.0657. The Kier molecular flexibility index (Phi) is 5.51. The molecule has 96 valence electrons. The number of carboxylic acids is 1. The third-order valence-electron chi connectivity index (χ3n) is 2.09. The Balaban J connectivity index is 2.41. The number of rotatable bonds is 5. The fourth-order valence-corrected chi connectivity index (χ4v) is 1.38. The van der Waals surface area contributed by atoms with Crippen molar-refractivity contribution in [3.8, 4) is 0 Å². The number of halogens is 1. The molecule has 0 spiro atoms. The number of benzene rings is 1. The molecule has 0 aliphatic heterocycles. The quantitative estimate of drug-likeness (QED) is 0.511. The Morgan fingerprint density at radius 2 is 1.83 bits per heavy atom. The first-order chi connectivity index (χ1) is 8.50. The zero-order valence-corrected chi connectivity index (χ0v) is 10.9. The van der Waals surface area contributed by atoms with Gasteiger partial charge in [0.1, 0.15) is 4.83 Å². The smallest absolute Gasteiger partial charge is 0.345 e. The van der Waals surface area contributed by atoms with Crippen molar-refractivity contribution in [1.29, 1.82) is 0 Å². The van der Waals surface area contributed by atoms with Crippen molar-refractivity contribution in [2.24, 2.45) is 0 Å². The fraction of sp³-hybridized carbons (Fsp3) is 0.250. The Hall–Kier alpha value is -1.69. The van der Waals surface area contributed by atoms with Crippen LogP contribution in [0.4, 0.5) is 0 Å². The van der Waals surface area contributed by atoms with Crippen LogP contribution in [0.25, 0.3) is 0 Å². The van der Waals surface area contributed by atoms with Gasteiger partial charge in [-0.3, -0.25) is 9.59 Å². The lowest BCUT2D eigenvalue weighted by Crippen LogP contribution is -2.17. The van der Waals surface area contributed by atoms with E-state index in [1.165, 1.54) is 12.1 Å². The highest BCUT2D eigenvalue weighted by molar-refractivity contribution is 9.10. The summed E-state index contributed by atoms with van der Waals surface area (Å²) >= 11 is 2.89. The third-order valence-corrected chi connectivity index (χ3v) is 2.94. The van der Waals surface area contributed by atoms with Gasteiger partial charge >= 0.3 is 17.9 Å². The Morgan fingerprint density at radius 1 is 1.22 bits per heavy atom. The molecule has 18 heavy (non-hydrogen) atoms. The Morgan fingerprint density at radius 3 is 2.39 bits per heavy atom. The number of carbonyl (C=O) groups excluding carboxylic acids is 2. The van der Waals surface area contributed by atoms with E-state index in [-0.39, 0.29) is 18.4 Å². The second-order valence-corrected chi connectivity index (χ2v) is 4.58. The fourth-order valence-electron chi connectivity index (χ4n) is 1.16. The van der Waals surface area contributed by atoms with Crippen LogP contribution in [0.2, 0.25) is 0 Å². The molecule has 1 aromatic rings. The maximum absolute atomic E-state index is 11.5. The predicted molar refractivity (Wildman–Crippen MR) is 66.4 cm³/mol. The van der Waals surface area contributed by atoms with Gasteiger partial charge in [-0.25, -0.2) is 4.79 Å². The summed E-state index contributed by atoms with van der Waals surface area (Å²) < 4.78 is 4.57. The molecule has 1 aromatic carbocycles. The molecular weight excluding hydrogens is 304 g/mol. The molecule has 6 heteroatoms. The van der Waals surface area contributed by atoms with Crippen LogP contribution in [-0.4, -0.2) is 27.8 Å². The average Bonchev–Trinajstić information content (AvgIpc) is 2.36. The minimum atomic E-state index is -1.06. The number of alkyl halides is 1. The van der Waals surface area contributed by atoms with E-state index in [1.807, 2.05) is 0 Å². The van der Waals surface area contributed by atoms with Gasteiger partial charge in [-0.1, -0.05) is 34.1 Å². The first kappa shape index (κ1) is 14.4. The minimum Gasteiger partial charge on any atom is -0.480 e. The predicted octanol–water partition coefficient (Wildman–Crippen LogP) is 2.00.